The number of hydrogen-bond acceptors (Lipinski definition) is 5. The number of rotatable bonds is 6. The third kappa shape index (κ3) is 4.70. The molecular weight excluding hydrogens is 342 g/mol. The van der Waals surface area contributed by atoms with Crippen LogP contribution in [0.25, 0.3) is 17.5 Å². The Morgan fingerprint density at radius 3 is 2.33 bits per heavy atom. The van der Waals surface area contributed by atoms with Gasteiger partial charge in [-0.1, -0.05) is 36.4 Å². The molecule has 0 aliphatic carbocycles. The summed E-state index contributed by atoms with van der Waals surface area (Å²) < 4.78 is 10.4. The molecule has 1 amide bonds. The molecule has 0 aliphatic heterocycles. The zero-order valence-electron chi connectivity index (χ0n) is 15.0. The van der Waals surface area contributed by atoms with Gasteiger partial charge in [-0.2, -0.15) is 0 Å². The molecular formula is C21H19N3O3. The molecule has 0 saturated heterocycles. The molecule has 1 heterocycles. The molecule has 3 rings (SSSR count). The molecule has 0 fully saturated rings. The number of nitrogens with one attached hydrogen (secondary N) is 1. The number of nitrogens with zero attached hydrogens (tertiary/aromatic N) is 2. The lowest BCUT2D eigenvalue weighted by atomic mass is 10.2. The number of carbonyl (C=O) groups is 1. The molecule has 6 nitrogen and oxygen atoms in total. The van der Waals surface area contributed by atoms with Crippen molar-refractivity contribution in [2.75, 3.05) is 19.5 Å². The summed E-state index contributed by atoms with van der Waals surface area (Å²) in [6.45, 7) is 0. The highest BCUT2D eigenvalue weighted by atomic mass is 16.5. The number of aromatic nitrogens is 2. The predicted octanol–water partition coefficient (Wildman–Crippen LogP) is 3.81. The van der Waals surface area contributed by atoms with Crippen molar-refractivity contribution in [3.63, 3.8) is 0 Å². The van der Waals surface area contributed by atoms with Crippen LogP contribution in [0.15, 0.2) is 67.0 Å². The Morgan fingerprint density at radius 2 is 1.67 bits per heavy atom. The molecule has 0 spiro atoms. The van der Waals surface area contributed by atoms with E-state index >= 15 is 0 Å². The van der Waals surface area contributed by atoms with E-state index in [-0.39, 0.29) is 5.91 Å². The SMILES string of the molecule is COc1ccc(/C=C/C(=O)Nc2cnc(-c3ccccc3)nc2)cc1OC. The first-order valence-corrected chi connectivity index (χ1v) is 8.28. The molecule has 6 heteroatoms. The van der Waals surface area contributed by atoms with E-state index in [4.69, 9.17) is 9.47 Å². The van der Waals surface area contributed by atoms with Crippen LogP contribution in [0.2, 0.25) is 0 Å². The monoisotopic (exact) mass is 361 g/mol. The normalized spacial score (nSPS) is 10.6. The van der Waals surface area contributed by atoms with Crippen molar-refractivity contribution in [3.8, 4) is 22.9 Å². The second-order valence-corrected chi connectivity index (χ2v) is 5.60. The summed E-state index contributed by atoms with van der Waals surface area (Å²) in [6.07, 6.45) is 6.29. The van der Waals surface area contributed by atoms with Crippen LogP contribution in [-0.4, -0.2) is 30.1 Å². The molecule has 0 saturated carbocycles. The lowest BCUT2D eigenvalue weighted by molar-refractivity contribution is -0.111. The first-order valence-electron chi connectivity index (χ1n) is 8.28. The van der Waals surface area contributed by atoms with Crippen LogP contribution in [-0.2, 0) is 4.79 Å². The van der Waals surface area contributed by atoms with Crippen molar-refractivity contribution in [1.82, 2.24) is 9.97 Å². The smallest absolute Gasteiger partial charge is 0.248 e. The van der Waals surface area contributed by atoms with Crippen molar-refractivity contribution >= 4 is 17.7 Å². The van der Waals surface area contributed by atoms with Gasteiger partial charge in [-0.25, -0.2) is 9.97 Å². The molecule has 0 aliphatic rings. The third-order valence-electron chi connectivity index (χ3n) is 3.79. The lowest BCUT2D eigenvalue weighted by Crippen LogP contribution is -2.08. The maximum absolute atomic E-state index is 12.1. The number of hydrogen-bond donors (Lipinski definition) is 1. The largest absolute Gasteiger partial charge is 0.493 e. The Hall–Kier alpha value is -3.67. The fourth-order valence-corrected chi connectivity index (χ4v) is 2.44. The Morgan fingerprint density at radius 1 is 0.963 bits per heavy atom. The quantitative estimate of drug-likeness (QED) is 0.676. The second kappa shape index (κ2) is 8.62. The molecule has 27 heavy (non-hydrogen) atoms. The van der Waals surface area contributed by atoms with E-state index in [1.165, 1.54) is 6.08 Å². The topological polar surface area (TPSA) is 73.3 Å². The summed E-state index contributed by atoms with van der Waals surface area (Å²) in [4.78, 5) is 20.7. The van der Waals surface area contributed by atoms with Crippen molar-refractivity contribution in [1.29, 1.82) is 0 Å². The lowest BCUT2D eigenvalue weighted by Gasteiger charge is -2.07. The van der Waals surface area contributed by atoms with E-state index in [1.54, 1.807) is 44.8 Å². The third-order valence-corrected chi connectivity index (χ3v) is 3.79. The van der Waals surface area contributed by atoms with Crippen molar-refractivity contribution < 1.29 is 14.3 Å². The van der Waals surface area contributed by atoms with Crippen molar-refractivity contribution in [2.24, 2.45) is 0 Å². The van der Waals surface area contributed by atoms with Gasteiger partial charge in [0.1, 0.15) is 0 Å². The summed E-state index contributed by atoms with van der Waals surface area (Å²) in [6, 6.07) is 15.1. The summed E-state index contributed by atoms with van der Waals surface area (Å²) >= 11 is 0. The van der Waals surface area contributed by atoms with Crippen LogP contribution < -0.4 is 14.8 Å². The molecule has 1 N–H and O–H groups in total. The fourth-order valence-electron chi connectivity index (χ4n) is 2.44. The molecule has 1 aromatic heterocycles. The van der Waals surface area contributed by atoms with Crippen molar-refractivity contribution in [2.45, 2.75) is 0 Å². The van der Waals surface area contributed by atoms with Crippen LogP contribution in [0.3, 0.4) is 0 Å². The number of anilines is 1. The Balaban J connectivity index is 1.64. The number of ether oxygens (including phenoxy) is 2. The maximum atomic E-state index is 12.1. The minimum Gasteiger partial charge on any atom is -0.493 e. The maximum Gasteiger partial charge on any atom is 0.248 e. The first kappa shape index (κ1) is 18.1. The van der Waals surface area contributed by atoms with E-state index in [0.29, 0.717) is 23.0 Å². The minimum absolute atomic E-state index is 0.277. The molecule has 0 radical (unpaired) electrons. The van der Waals surface area contributed by atoms with E-state index in [0.717, 1.165) is 11.1 Å². The molecule has 136 valence electrons. The van der Waals surface area contributed by atoms with Gasteiger partial charge in [0.2, 0.25) is 5.91 Å². The van der Waals surface area contributed by atoms with Gasteiger partial charge in [0.05, 0.1) is 32.3 Å². The zero-order chi connectivity index (χ0) is 19.1. The van der Waals surface area contributed by atoms with Gasteiger partial charge in [0, 0.05) is 11.6 Å². The van der Waals surface area contributed by atoms with Crippen LogP contribution in [0.5, 0.6) is 11.5 Å². The highest BCUT2D eigenvalue weighted by Crippen LogP contribution is 2.28. The number of amides is 1. The number of carbonyl (C=O) groups excluding carboxylic acids is 1. The highest BCUT2D eigenvalue weighted by molar-refractivity contribution is 6.01. The number of benzene rings is 2. The molecule has 0 unspecified atom stereocenters. The van der Waals surface area contributed by atoms with Gasteiger partial charge in [0.15, 0.2) is 17.3 Å². The van der Waals surface area contributed by atoms with Crippen LogP contribution in [0.4, 0.5) is 5.69 Å². The number of methoxy groups -OCH3 is 2. The van der Waals surface area contributed by atoms with Gasteiger partial charge in [0.25, 0.3) is 0 Å². The molecule has 2 aromatic carbocycles. The Kier molecular flexibility index (Phi) is 5.79. The van der Waals surface area contributed by atoms with E-state index < -0.39 is 0 Å². The van der Waals surface area contributed by atoms with Gasteiger partial charge in [-0.05, 0) is 23.8 Å². The fraction of sp³-hybridized carbons (Fsp3) is 0.0952. The van der Waals surface area contributed by atoms with Gasteiger partial charge >= 0.3 is 0 Å². The summed E-state index contributed by atoms with van der Waals surface area (Å²) in [5.41, 5.74) is 2.26. The summed E-state index contributed by atoms with van der Waals surface area (Å²) in [5, 5.41) is 2.74. The van der Waals surface area contributed by atoms with E-state index in [9.17, 15) is 4.79 Å². The standard InChI is InChI=1S/C21H19N3O3/c1-26-18-10-8-15(12-19(18)27-2)9-11-20(25)24-17-13-22-21(23-14-17)16-6-4-3-5-7-16/h3-14H,1-2H3,(H,24,25)/b11-9+. The van der Waals surface area contributed by atoms with Crippen molar-refractivity contribution in [3.05, 3.63) is 72.6 Å². The summed E-state index contributed by atoms with van der Waals surface area (Å²) in [5.74, 6) is 1.56. The second-order valence-electron chi connectivity index (χ2n) is 5.60. The Bertz CT molecular complexity index is 939. The van der Waals surface area contributed by atoms with Crippen LogP contribution in [0, 0.1) is 0 Å². The van der Waals surface area contributed by atoms with Gasteiger partial charge < -0.3 is 14.8 Å². The average Bonchev–Trinajstić information content (AvgIpc) is 2.73. The minimum atomic E-state index is -0.277. The van der Waals surface area contributed by atoms with Crippen LogP contribution in [0.1, 0.15) is 5.56 Å². The van der Waals surface area contributed by atoms with Crippen LogP contribution >= 0.6 is 0 Å². The Labute approximate surface area is 157 Å². The molecule has 0 atom stereocenters. The highest BCUT2D eigenvalue weighted by Gasteiger charge is 2.05. The molecule has 3 aromatic rings. The predicted molar refractivity (Wildman–Crippen MR) is 105 cm³/mol. The van der Waals surface area contributed by atoms with E-state index in [2.05, 4.69) is 15.3 Å². The zero-order valence-corrected chi connectivity index (χ0v) is 15.0. The van der Waals surface area contributed by atoms with Gasteiger partial charge in [-0.3, -0.25) is 4.79 Å². The van der Waals surface area contributed by atoms with Gasteiger partial charge in [-0.15, -0.1) is 0 Å². The summed E-state index contributed by atoms with van der Waals surface area (Å²) in [7, 11) is 3.14. The first-order chi connectivity index (χ1) is 13.2. The van der Waals surface area contributed by atoms with E-state index in [1.807, 2.05) is 36.4 Å². The average molecular weight is 361 g/mol. The molecule has 0 bridgehead atoms.